The molecule has 2 aromatic rings. The molecule has 0 bridgehead atoms. The summed E-state index contributed by atoms with van der Waals surface area (Å²) in [6.07, 6.45) is 7.94. The molecule has 1 aliphatic rings. The number of halogens is 1. The number of carbonyl (C=O) groups excluding carboxylic acids is 1. The summed E-state index contributed by atoms with van der Waals surface area (Å²) in [5, 5.41) is 2.92. The Labute approximate surface area is 172 Å². The van der Waals surface area contributed by atoms with E-state index in [0.29, 0.717) is 17.8 Å². The predicted octanol–water partition coefficient (Wildman–Crippen LogP) is 4.93. The van der Waals surface area contributed by atoms with E-state index in [4.69, 9.17) is 0 Å². The van der Waals surface area contributed by atoms with Crippen molar-refractivity contribution in [3.05, 3.63) is 57.4 Å². The first-order chi connectivity index (χ1) is 12.9. The third-order valence-electron chi connectivity index (χ3n) is 4.33. The summed E-state index contributed by atoms with van der Waals surface area (Å²) in [7, 11) is -3.62. The number of benzene rings is 1. The van der Waals surface area contributed by atoms with E-state index < -0.39 is 10.0 Å². The van der Waals surface area contributed by atoms with Gasteiger partial charge in [0.25, 0.3) is 15.9 Å². The number of nitrogens with one attached hydrogen (secondary N) is 2. The van der Waals surface area contributed by atoms with E-state index in [-0.39, 0.29) is 10.1 Å². The normalized spacial score (nSPS) is 14.5. The van der Waals surface area contributed by atoms with E-state index in [0.717, 1.165) is 34.4 Å². The van der Waals surface area contributed by atoms with Gasteiger partial charge in [0.1, 0.15) is 4.21 Å². The first-order valence-corrected chi connectivity index (χ1v) is 11.9. The number of sulfonamides is 1. The highest BCUT2D eigenvalue weighted by Crippen LogP contribution is 2.27. The largest absolute Gasteiger partial charge is 0.352 e. The molecule has 2 N–H and O–H groups in total. The molecule has 1 aliphatic carbocycles. The Bertz CT molecular complexity index is 934. The number of rotatable bonds is 7. The van der Waals surface area contributed by atoms with Crippen LogP contribution in [0.4, 0.5) is 5.69 Å². The minimum Gasteiger partial charge on any atom is -0.352 e. The lowest BCUT2D eigenvalue weighted by atomic mass is 9.97. The van der Waals surface area contributed by atoms with Gasteiger partial charge in [-0.25, -0.2) is 8.42 Å². The molecule has 27 heavy (non-hydrogen) atoms. The van der Waals surface area contributed by atoms with Crippen LogP contribution in [0.2, 0.25) is 0 Å². The first kappa shape index (κ1) is 20.1. The summed E-state index contributed by atoms with van der Waals surface area (Å²) in [4.78, 5) is 12.2. The third kappa shape index (κ3) is 5.67. The topological polar surface area (TPSA) is 75.3 Å². The maximum atomic E-state index is 12.3. The fourth-order valence-electron chi connectivity index (χ4n) is 2.91. The first-order valence-electron chi connectivity index (χ1n) is 8.78. The van der Waals surface area contributed by atoms with Crippen LogP contribution in [0, 0.1) is 0 Å². The molecule has 1 heterocycles. The molecule has 5 nitrogen and oxygen atoms in total. The molecule has 0 unspecified atom stereocenters. The average molecular weight is 469 g/mol. The van der Waals surface area contributed by atoms with Gasteiger partial charge in [0, 0.05) is 17.8 Å². The molecule has 144 valence electrons. The molecule has 0 saturated heterocycles. The maximum Gasteiger partial charge on any atom is 0.271 e. The summed E-state index contributed by atoms with van der Waals surface area (Å²) in [6.45, 7) is 0.617. The molecule has 1 aromatic heterocycles. The van der Waals surface area contributed by atoms with Gasteiger partial charge in [-0.3, -0.25) is 9.52 Å². The Kier molecular flexibility index (Phi) is 6.73. The van der Waals surface area contributed by atoms with Crippen LogP contribution in [0.25, 0.3) is 0 Å². The maximum absolute atomic E-state index is 12.3. The van der Waals surface area contributed by atoms with Crippen molar-refractivity contribution < 1.29 is 13.2 Å². The fourth-order valence-corrected chi connectivity index (χ4v) is 5.98. The van der Waals surface area contributed by atoms with Crippen molar-refractivity contribution in [3.63, 3.8) is 0 Å². The Hall–Kier alpha value is -1.64. The molecule has 0 radical (unpaired) electrons. The van der Waals surface area contributed by atoms with Crippen molar-refractivity contribution in [1.82, 2.24) is 5.32 Å². The van der Waals surface area contributed by atoms with Crippen molar-refractivity contribution >= 4 is 48.9 Å². The zero-order valence-corrected chi connectivity index (χ0v) is 17.9. The van der Waals surface area contributed by atoms with Gasteiger partial charge in [-0.2, -0.15) is 0 Å². The molecule has 0 atom stereocenters. The van der Waals surface area contributed by atoms with E-state index >= 15 is 0 Å². The van der Waals surface area contributed by atoms with E-state index in [9.17, 15) is 13.2 Å². The second-order valence-electron chi connectivity index (χ2n) is 6.36. The lowest BCUT2D eigenvalue weighted by molar-refractivity contribution is 0.0954. The van der Waals surface area contributed by atoms with Crippen LogP contribution in [0.1, 0.15) is 42.5 Å². The predicted molar refractivity (Wildman–Crippen MR) is 113 cm³/mol. The van der Waals surface area contributed by atoms with Crippen LogP contribution < -0.4 is 10.0 Å². The van der Waals surface area contributed by atoms with Crippen LogP contribution in [0.5, 0.6) is 0 Å². The highest BCUT2D eigenvalue weighted by atomic mass is 79.9. The lowest BCUT2D eigenvalue weighted by Gasteiger charge is -2.13. The summed E-state index contributed by atoms with van der Waals surface area (Å²) in [5.74, 6) is -0.150. The number of amides is 1. The second-order valence-corrected chi connectivity index (χ2v) is 10.7. The minimum atomic E-state index is -3.62. The number of thiophene rings is 1. The van der Waals surface area contributed by atoms with Gasteiger partial charge in [-0.05, 0) is 84.4 Å². The standard InChI is InChI=1S/C19H21BrN2O3S2/c20-17-10-11-18(26-17)27(24,25)22-16-8-6-15(7-9-16)19(23)21-13-12-14-4-2-1-3-5-14/h4,6-11,22H,1-3,5,12-13H2,(H,21,23). The zero-order chi connectivity index (χ0) is 19.3. The van der Waals surface area contributed by atoms with E-state index in [2.05, 4.69) is 32.0 Å². The van der Waals surface area contributed by atoms with Gasteiger partial charge in [0.2, 0.25) is 0 Å². The fraction of sp³-hybridized carbons (Fsp3) is 0.316. The van der Waals surface area contributed by atoms with Gasteiger partial charge in [0.05, 0.1) is 3.79 Å². The van der Waals surface area contributed by atoms with Crippen molar-refractivity contribution in [2.75, 3.05) is 11.3 Å². The van der Waals surface area contributed by atoms with Crippen LogP contribution in [-0.2, 0) is 10.0 Å². The monoisotopic (exact) mass is 468 g/mol. The number of allylic oxidation sites excluding steroid dienone is 1. The Morgan fingerprint density at radius 3 is 2.52 bits per heavy atom. The molecule has 0 aliphatic heterocycles. The molecule has 8 heteroatoms. The van der Waals surface area contributed by atoms with E-state index in [1.54, 1.807) is 36.4 Å². The minimum absolute atomic E-state index is 0.150. The van der Waals surface area contributed by atoms with E-state index in [1.165, 1.54) is 18.4 Å². The van der Waals surface area contributed by atoms with Gasteiger partial charge in [-0.15, -0.1) is 11.3 Å². The summed E-state index contributed by atoms with van der Waals surface area (Å²) < 4.78 is 28.1. The Morgan fingerprint density at radius 1 is 1.11 bits per heavy atom. The summed E-state index contributed by atoms with van der Waals surface area (Å²) in [6, 6.07) is 9.67. The second kappa shape index (κ2) is 9.03. The van der Waals surface area contributed by atoms with E-state index in [1.807, 2.05) is 0 Å². The molecular weight excluding hydrogens is 448 g/mol. The van der Waals surface area contributed by atoms with Crippen LogP contribution >= 0.6 is 27.3 Å². The molecule has 0 spiro atoms. The van der Waals surface area contributed by atoms with Crippen molar-refractivity contribution in [3.8, 4) is 0 Å². The van der Waals surface area contributed by atoms with Gasteiger partial charge < -0.3 is 5.32 Å². The molecule has 0 fully saturated rings. The van der Waals surface area contributed by atoms with Crippen LogP contribution in [-0.4, -0.2) is 20.9 Å². The van der Waals surface area contributed by atoms with Crippen LogP contribution in [0.3, 0.4) is 0 Å². The molecule has 1 amide bonds. The molecule has 1 aromatic carbocycles. The molecular formula is C19H21BrN2O3S2. The number of anilines is 1. The smallest absolute Gasteiger partial charge is 0.271 e. The number of hydrogen-bond acceptors (Lipinski definition) is 4. The summed E-state index contributed by atoms with van der Waals surface area (Å²) >= 11 is 4.40. The lowest BCUT2D eigenvalue weighted by Crippen LogP contribution is -2.24. The van der Waals surface area contributed by atoms with Crippen LogP contribution in [0.15, 0.2) is 56.0 Å². The van der Waals surface area contributed by atoms with Crippen molar-refractivity contribution in [2.45, 2.75) is 36.3 Å². The SMILES string of the molecule is O=C(NCCC1=CCCCC1)c1ccc(NS(=O)(=O)c2ccc(Br)s2)cc1. The highest BCUT2D eigenvalue weighted by molar-refractivity contribution is 9.11. The Balaban J connectivity index is 1.54. The van der Waals surface area contributed by atoms with Gasteiger partial charge >= 0.3 is 0 Å². The van der Waals surface area contributed by atoms with Crippen molar-refractivity contribution in [1.29, 1.82) is 0 Å². The zero-order valence-electron chi connectivity index (χ0n) is 14.7. The number of hydrogen-bond donors (Lipinski definition) is 2. The third-order valence-corrected chi connectivity index (χ3v) is 7.83. The van der Waals surface area contributed by atoms with Crippen molar-refractivity contribution in [2.24, 2.45) is 0 Å². The average Bonchev–Trinajstić information content (AvgIpc) is 3.10. The van der Waals surface area contributed by atoms with Gasteiger partial charge in [0.15, 0.2) is 0 Å². The highest BCUT2D eigenvalue weighted by Gasteiger charge is 2.17. The quantitative estimate of drug-likeness (QED) is 0.565. The molecule has 0 saturated carbocycles. The number of carbonyl (C=O) groups is 1. The summed E-state index contributed by atoms with van der Waals surface area (Å²) in [5.41, 5.74) is 2.35. The Morgan fingerprint density at radius 2 is 1.89 bits per heavy atom. The van der Waals surface area contributed by atoms with Gasteiger partial charge in [-0.1, -0.05) is 11.6 Å². The molecule has 3 rings (SSSR count).